The fraction of sp³-hybridized carbons (Fsp3) is 0.286. The fourth-order valence-corrected chi connectivity index (χ4v) is 3.57. The van der Waals surface area contributed by atoms with Gasteiger partial charge in [0.15, 0.2) is 0 Å². The minimum absolute atomic E-state index is 0.0904. The number of aromatic amines is 1. The smallest absolute Gasteiger partial charge is 0.253 e. The molecule has 3 aromatic rings. The van der Waals surface area contributed by atoms with Crippen molar-refractivity contribution in [3.63, 3.8) is 0 Å². The molecule has 2 aromatic heterocycles. The molecule has 1 amide bonds. The molecule has 0 fully saturated rings. The van der Waals surface area contributed by atoms with Gasteiger partial charge in [0.25, 0.3) is 5.91 Å². The van der Waals surface area contributed by atoms with Gasteiger partial charge in [-0.3, -0.25) is 4.79 Å². The summed E-state index contributed by atoms with van der Waals surface area (Å²) in [7, 11) is 0. The van der Waals surface area contributed by atoms with E-state index in [1.807, 2.05) is 31.2 Å². The van der Waals surface area contributed by atoms with E-state index in [9.17, 15) is 9.18 Å². The number of nitrogens with one attached hydrogen (secondary N) is 2. The van der Waals surface area contributed by atoms with Gasteiger partial charge >= 0.3 is 0 Å². The van der Waals surface area contributed by atoms with Crippen LogP contribution in [0.2, 0.25) is 0 Å². The average Bonchev–Trinajstić information content (AvgIpc) is 3.08. The number of aromatic nitrogens is 3. The summed E-state index contributed by atoms with van der Waals surface area (Å²) in [4.78, 5) is 24.1. The number of benzene rings is 1. The van der Waals surface area contributed by atoms with Crippen molar-refractivity contribution in [1.82, 2.24) is 20.3 Å². The number of rotatable bonds is 4. The molecule has 1 aliphatic heterocycles. The molecule has 27 heavy (non-hydrogen) atoms. The first-order valence-corrected chi connectivity index (χ1v) is 9.02. The molecule has 138 valence electrons. The van der Waals surface area contributed by atoms with E-state index in [-0.39, 0.29) is 17.5 Å². The zero-order valence-corrected chi connectivity index (χ0v) is 15.4. The number of hydrogen-bond donors (Lipinski definition) is 2. The summed E-state index contributed by atoms with van der Waals surface area (Å²) in [6, 6.07) is 7.36. The van der Waals surface area contributed by atoms with Gasteiger partial charge in [-0.2, -0.15) is 4.39 Å². The van der Waals surface area contributed by atoms with Crippen LogP contribution in [-0.2, 0) is 0 Å². The minimum Gasteiger partial charge on any atom is -0.357 e. The maximum atomic E-state index is 14.0. The number of amides is 1. The molecule has 1 atom stereocenters. The first-order chi connectivity index (χ1) is 12.9. The van der Waals surface area contributed by atoms with Crippen LogP contribution < -0.4 is 5.32 Å². The van der Waals surface area contributed by atoms with Crippen LogP contribution in [0.3, 0.4) is 0 Å². The Morgan fingerprint density at radius 1 is 1.33 bits per heavy atom. The van der Waals surface area contributed by atoms with Crippen LogP contribution in [-0.4, -0.2) is 27.4 Å². The zero-order valence-electron chi connectivity index (χ0n) is 15.4. The van der Waals surface area contributed by atoms with E-state index in [0.717, 1.165) is 35.4 Å². The summed E-state index contributed by atoms with van der Waals surface area (Å²) in [6.07, 6.45) is 1.81. The Kier molecular flexibility index (Phi) is 4.26. The molecule has 2 N–H and O–H groups in total. The van der Waals surface area contributed by atoms with Gasteiger partial charge in [-0.15, -0.1) is 6.58 Å². The summed E-state index contributed by atoms with van der Waals surface area (Å²) in [5.41, 5.74) is 5.55. The molecule has 4 rings (SSSR count). The summed E-state index contributed by atoms with van der Waals surface area (Å²) in [5, 5.41) is 2.95. The Bertz CT molecular complexity index is 1070. The van der Waals surface area contributed by atoms with E-state index in [2.05, 4.69) is 26.8 Å². The molecule has 0 radical (unpaired) electrons. The maximum absolute atomic E-state index is 14.0. The number of carbonyl (C=O) groups excluding carboxylic acids is 1. The Morgan fingerprint density at radius 2 is 2.15 bits per heavy atom. The molecule has 1 aromatic carbocycles. The average molecular weight is 364 g/mol. The van der Waals surface area contributed by atoms with E-state index in [1.54, 1.807) is 6.92 Å². The lowest BCUT2D eigenvalue weighted by atomic mass is 9.92. The number of halogens is 1. The Balaban J connectivity index is 1.81. The normalized spacial score (nSPS) is 16.3. The molecule has 1 aliphatic rings. The number of fused-ring (bicyclic) bond motifs is 2. The summed E-state index contributed by atoms with van der Waals surface area (Å²) >= 11 is 0. The van der Waals surface area contributed by atoms with Crippen molar-refractivity contribution >= 4 is 16.9 Å². The molecule has 0 aliphatic carbocycles. The molecule has 1 unspecified atom stereocenters. The molecule has 0 spiro atoms. The third-order valence-corrected chi connectivity index (χ3v) is 5.03. The van der Waals surface area contributed by atoms with Gasteiger partial charge in [0.1, 0.15) is 5.52 Å². The number of hydrogen-bond acceptors (Lipinski definition) is 3. The van der Waals surface area contributed by atoms with E-state index < -0.39 is 5.95 Å². The highest BCUT2D eigenvalue weighted by atomic mass is 19.1. The monoisotopic (exact) mass is 364 g/mol. The lowest BCUT2D eigenvalue weighted by Gasteiger charge is -2.23. The molecule has 0 bridgehead atoms. The number of aryl methyl sites for hydroxylation is 1. The highest BCUT2D eigenvalue weighted by Crippen LogP contribution is 2.34. The second kappa shape index (κ2) is 6.61. The predicted octanol–water partition coefficient (Wildman–Crippen LogP) is 4.26. The quantitative estimate of drug-likeness (QED) is 0.680. The first-order valence-electron chi connectivity index (χ1n) is 9.02. The molecule has 0 saturated carbocycles. The lowest BCUT2D eigenvalue weighted by molar-refractivity contribution is 0.0939. The Labute approximate surface area is 156 Å². The third-order valence-electron chi connectivity index (χ3n) is 5.03. The molecule has 3 heterocycles. The molecular weight excluding hydrogens is 343 g/mol. The van der Waals surface area contributed by atoms with Gasteiger partial charge in [0, 0.05) is 29.4 Å². The van der Waals surface area contributed by atoms with Gasteiger partial charge in [-0.1, -0.05) is 17.7 Å². The molecule has 0 saturated heterocycles. The van der Waals surface area contributed by atoms with Gasteiger partial charge in [0.05, 0.1) is 16.8 Å². The second-order valence-electron chi connectivity index (χ2n) is 7.19. The van der Waals surface area contributed by atoms with E-state index >= 15 is 0 Å². The predicted molar refractivity (Wildman–Crippen MR) is 103 cm³/mol. The van der Waals surface area contributed by atoms with E-state index in [0.29, 0.717) is 23.1 Å². The highest BCUT2D eigenvalue weighted by molar-refractivity contribution is 5.99. The van der Waals surface area contributed by atoms with Crippen molar-refractivity contribution in [3.8, 4) is 11.3 Å². The Hall–Kier alpha value is -3.02. The van der Waals surface area contributed by atoms with Gasteiger partial charge in [0.2, 0.25) is 5.95 Å². The van der Waals surface area contributed by atoms with Crippen LogP contribution in [0.1, 0.15) is 47.4 Å². The summed E-state index contributed by atoms with van der Waals surface area (Å²) in [5.74, 6) is -0.473. The highest BCUT2D eigenvalue weighted by Gasteiger charge is 2.28. The zero-order chi connectivity index (χ0) is 19.1. The van der Waals surface area contributed by atoms with Gasteiger partial charge in [-0.05, 0) is 38.8 Å². The molecular formula is C21H21FN4O. The molecule has 5 nitrogen and oxygen atoms in total. The minimum atomic E-state index is -0.580. The van der Waals surface area contributed by atoms with Gasteiger partial charge < -0.3 is 10.3 Å². The van der Waals surface area contributed by atoms with Gasteiger partial charge in [-0.25, -0.2) is 9.97 Å². The van der Waals surface area contributed by atoms with Crippen LogP contribution >= 0.6 is 0 Å². The fourth-order valence-electron chi connectivity index (χ4n) is 3.57. The van der Waals surface area contributed by atoms with Crippen LogP contribution in [0.25, 0.3) is 22.3 Å². The number of nitrogens with zero attached hydrogens (tertiary/aromatic N) is 2. The Morgan fingerprint density at radius 3 is 2.93 bits per heavy atom. The topological polar surface area (TPSA) is 70.7 Å². The van der Waals surface area contributed by atoms with Crippen molar-refractivity contribution in [3.05, 3.63) is 59.3 Å². The first kappa shape index (κ1) is 17.4. The largest absolute Gasteiger partial charge is 0.357 e. The van der Waals surface area contributed by atoms with Crippen LogP contribution in [0.5, 0.6) is 0 Å². The summed E-state index contributed by atoms with van der Waals surface area (Å²) in [6.45, 7) is 8.17. The third kappa shape index (κ3) is 3.12. The van der Waals surface area contributed by atoms with Crippen LogP contribution in [0.15, 0.2) is 36.4 Å². The number of para-hydroxylation sites is 1. The van der Waals surface area contributed by atoms with E-state index in [1.165, 1.54) is 0 Å². The van der Waals surface area contributed by atoms with Crippen LogP contribution in [0, 0.1) is 12.9 Å². The number of H-pyrrole nitrogens is 1. The van der Waals surface area contributed by atoms with Crippen LogP contribution in [0.4, 0.5) is 4.39 Å². The maximum Gasteiger partial charge on any atom is 0.253 e. The summed E-state index contributed by atoms with van der Waals surface area (Å²) < 4.78 is 14.0. The van der Waals surface area contributed by atoms with Crippen molar-refractivity contribution in [2.75, 3.05) is 6.54 Å². The standard InChI is InChI=1S/C21H21FN4O/c1-11(2)7-8-13-10-23-21(27)15-9-17(25-18(13)15)14-5-4-6-16-19(14)26-20(22)12(3)24-16/h4-6,9,13,25H,1,7-8,10H2,2-3H3,(H,23,27). The van der Waals surface area contributed by atoms with Crippen molar-refractivity contribution < 1.29 is 9.18 Å². The number of carbonyl (C=O) groups is 1. The van der Waals surface area contributed by atoms with Crippen molar-refractivity contribution in [2.45, 2.75) is 32.6 Å². The second-order valence-corrected chi connectivity index (χ2v) is 7.19. The van der Waals surface area contributed by atoms with E-state index in [4.69, 9.17) is 0 Å². The lowest BCUT2D eigenvalue weighted by Crippen LogP contribution is -2.34. The van der Waals surface area contributed by atoms with Crippen molar-refractivity contribution in [2.24, 2.45) is 0 Å². The van der Waals surface area contributed by atoms with Crippen molar-refractivity contribution in [1.29, 1.82) is 0 Å². The molecule has 6 heteroatoms. The SMILES string of the molecule is C=C(C)CCC1CNC(=O)c2cc(-c3cccc4nc(C)c(F)nc34)[nH]c21. The number of allylic oxidation sites excluding steroid dienone is 1.